The van der Waals surface area contributed by atoms with Crippen molar-refractivity contribution in [3.63, 3.8) is 0 Å². The molecule has 1 aromatic heterocycles. The van der Waals surface area contributed by atoms with E-state index in [4.69, 9.17) is 0 Å². The summed E-state index contributed by atoms with van der Waals surface area (Å²) >= 11 is 0. The van der Waals surface area contributed by atoms with E-state index in [-0.39, 0.29) is 23.9 Å². The molecule has 1 heterocycles. The van der Waals surface area contributed by atoms with Crippen molar-refractivity contribution in [1.82, 2.24) is 9.47 Å². The second-order valence-corrected chi connectivity index (χ2v) is 5.92. The highest BCUT2D eigenvalue weighted by molar-refractivity contribution is 5.82. The number of benzene rings is 2. The zero-order chi connectivity index (χ0) is 17.1. The van der Waals surface area contributed by atoms with Gasteiger partial charge in [0.2, 0.25) is 5.91 Å². The summed E-state index contributed by atoms with van der Waals surface area (Å²) < 4.78 is 1.83. The summed E-state index contributed by atoms with van der Waals surface area (Å²) in [6.45, 7) is 2.21. The van der Waals surface area contributed by atoms with Crippen LogP contribution in [0.25, 0.3) is 10.9 Å². The molecular weight excluding hydrogens is 300 g/mol. The Morgan fingerprint density at radius 1 is 1.04 bits per heavy atom. The van der Waals surface area contributed by atoms with Gasteiger partial charge in [0, 0.05) is 24.7 Å². The fourth-order valence-corrected chi connectivity index (χ4v) is 2.83. The number of pyridine rings is 1. The molecule has 3 rings (SSSR count). The minimum Gasteiger partial charge on any atom is -0.338 e. The summed E-state index contributed by atoms with van der Waals surface area (Å²) in [5.74, 6) is 0.000144. The Kier molecular flexibility index (Phi) is 4.47. The highest BCUT2D eigenvalue weighted by Crippen LogP contribution is 2.19. The number of hydrogen-bond acceptors (Lipinski definition) is 2. The second-order valence-electron chi connectivity index (χ2n) is 5.92. The Bertz CT molecular complexity index is 916. The number of fused-ring (bicyclic) bond motifs is 1. The maximum Gasteiger partial charge on any atom is 0.242 e. The van der Waals surface area contributed by atoms with Gasteiger partial charge in [0.05, 0.1) is 11.6 Å². The largest absolute Gasteiger partial charge is 0.338 e. The molecular formula is C20H20N2O2. The van der Waals surface area contributed by atoms with E-state index in [9.17, 15) is 9.59 Å². The van der Waals surface area contributed by atoms with Crippen LogP contribution in [0.4, 0.5) is 0 Å². The van der Waals surface area contributed by atoms with Crippen LogP contribution in [0.2, 0.25) is 0 Å². The zero-order valence-corrected chi connectivity index (χ0v) is 13.8. The Labute approximate surface area is 141 Å². The van der Waals surface area contributed by atoms with Crippen LogP contribution in [0, 0.1) is 0 Å². The lowest BCUT2D eigenvalue weighted by molar-refractivity contribution is -0.132. The number of carbonyl (C=O) groups is 1. The van der Waals surface area contributed by atoms with Gasteiger partial charge < -0.3 is 9.47 Å². The van der Waals surface area contributed by atoms with Crippen molar-refractivity contribution < 1.29 is 4.79 Å². The third kappa shape index (κ3) is 3.08. The van der Waals surface area contributed by atoms with Gasteiger partial charge in [-0.3, -0.25) is 9.59 Å². The molecule has 0 saturated carbocycles. The number of nitrogens with zero attached hydrogens (tertiary/aromatic N) is 2. The molecule has 0 aliphatic heterocycles. The van der Waals surface area contributed by atoms with Crippen LogP contribution in [-0.4, -0.2) is 22.4 Å². The van der Waals surface area contributed by atoms with E-state index >= 15 is 0 Å². The average Bonchev–Trinajstić information content (AvgIpc) is 2.63. The van der Waals surface area contributed by atoms with Crippen LogP contribution in [0.3, 0.4) is 0 Å². The molecule has 0 fully saturated rings. The van der Waals surface area contributed by atoms with Gasteiger partial charge in [-0.1, -0.05) is 42.5 Å². The third-order valence-corrected chi connectivity index (χ3v) is 4.45. The summed E-state index contributed by atoms with van der Waals surface area (Å²) in [6, 6.07) is 18.8. The quantitative estimate of drug-likeness (QED) is 0.741. The van der Waals surface area contributed by atoms with Crippen molar-refractivity contribution in [3.05, 3.63) is 82.6 Å². The molecule has 0 spiro atoms. The normalized spacial score (nSPS) is 12.1. The van der Waals surface area contributed by atoms with Crippen LogP contribution in [0.15, 0.2) is 71.7 Å². The van der Waals surface area contributed by atoms with E-state index < -0.39 is 0 Å². The molecule has 2 aromatic carbocycles. The first-order valence-corrected chi connectivity index (χ1v) is 7.96. The first-order chi connectivity index (χ1) is 11.6. The van der Waals surface area contributed by atoms with Crippen LogP contribution >= 0.6 is 0 Å². The van der Waals surface area contributed by atoms with Gasteiger partial charge in [0.25, 0.3) is 0 Å². The number of likely N-dealkylation sites (N-methyl/N-ethyl adjacent to an activating group) is 1. The van der Waals surface area contributed by atoms with Gasteiger partial charge in [-0.15, -0.1) is 0 Å². The van der Waals surface area contributed by atoms with E-state index in [2.05, 4.69) is 0 Å². The van der Waals surface area contributed by atoms with Crippen molar-refractivity contribution in [3.8, 4) is 0 Å². The van der Waals surface area contributed by atoms with Crippen molar-refractivity contribution in [2.45, 2.75) is 19.5 Å². The Hall–Kier alpha value is -2.88. The monoisotopic (exact) mass is 320 g/mol. The zero-order valence-electron chi connectivity index (χ0n) is 13.8. The molecule has 4 heteroatoms. The Morgan fingerprint density at radius 3 is 2.46 bits per heavy atom. The minimum absolute atomic E-state index is 0.000144. The molecule has 0 N–H and O–H groups in total. The summed E-state index contributed by atoms with van der Waals surface area (Å²) in [7, 11) is 1.81. The van der Waals surface area contributed by atoms with E-state index in [1.807, 2.05) is 67.1 Å². The van der Waals surface area contributed by atoms with Crippen LogP contribution in [0.1, 0.15) is 18.5 Å². The van der Waals surface area contributed by atoms with Crippen molar-refractivity contribution in [1.29, 1.82) is 0 Å². The van der Waals surface area contributed by atoms with E-state index in [1.165, 1.54) is 6.07 Å². The number of para-hydroxylation sites is 1. The molecule has 122 valence electrons. The van der Waals surface area contributed by atoms with Gasteiger partial charge in [-0.05, 0) is 24.6 Å². The standard InChI is InChI=1S/C20H20N2O2/c1-15(16-8-4-3-5-9-16)21(2)20(24)14-22-13-12-19(23)17-10-6-7-11-18(17)22/h3-13,15H,14H2,1-2H3/t15-/m1/s1. The molecule has 24 heavy (non-hydrogen) atoms. The number of aromatic nitrogens is 1. The van der Waals surface area contributed by atoms with Crippen LogP contribution in [-0.2, 0) is 11.3 Å². The van der Waals surface area contributed by atoms with Gasteiger partial charge >= 0.3 is 0 Å². The second kappa shape index (κ2) is 6.71. The SMILES string of the molecule is C[C@H](c1ccccc1)N(C)C(=O)Cn1ccc(=O)c2ccccc21. The molecule has 0 bridgehead atoms. The minimum atomic E-state index is -0.0275. The molecule has 4 nitrogen and oxygen atoms in total. The maximum atomic E-state index is 12.7. The van der Waals surface area contributed by atoms with Gasteiger partial charge in [-0.25, -0.2) is 0 Å². The molecule has 1 atom stereocenters. The number of hydrogen-bond donors (Lipinski definition) is 0. The summed E-state index contributed by atoms with van der Waals surface area (Å²) in [5, 5.41) is 0.631. The lowest BCUT2D eigenvalue weighted by Gasteiger charge is -2.26. The van der Waals surface area contributed by atoms with Gasteiger partial charge in [0.1, 0.15) is 6.54 Å². The predicted molar refractivity (Wildman–Crippen MR) is 95.8 cm³/mol. The van der Waals surface area contributed by atoms with E-state index in [1.54, 1.807) is 17.2 Å². The van der Waals surface area contributed by atoms with Crippen LogP contribution < -0.4 is 5.43 Å². The fourth-order valence-electron chi connectivity index (χ4n) is 2.83. The molecule has 0 aliphatic rings. The highest BCUT2D eigenvalue weighted by atomic mass is 16.2. The Balaban J connectivity index is 1.85. The maximum absolute atomic E-state index is 12.7. The lowest BCUT2D eigenvalue weighted by Crippen LogP contribution is -2.32. The van der Waals surface area contributed by atoms with Crippen molar-refractivity contribution in [2.24, 2.45) is 0 Å². The van der Waals surface area contributed by atoms with Crippen LogP contribution in [0.5, 0.6) is 0 Å². The lowest BCUT2D eigenvalue weighted by atomic mass is 10.1. The first kappa shape index (κ1) is 16.0. The van der Waals surface area contributed by atoms with E-state index in [0.29, 0.717) is 5.39 Å². The van der Waals surface area contributed by atoms with Crippen molar-refractivity contribution >= 4 is 16.8 Å². The summed E-state index contributed by atoms with van der Waals surface area (Å²) in [5.41, 5.74) is 1.84. The van der Waals surface area contributed by atoms with Gasteiger partial charge in [-0.2, -0.15) is 0 Å². The highest BCUT2D eigenvalue weighted by Gasteiger charge is 2.17. The topological polar surface area (TPSA) is 42.3 Å². The molecule has 0 aliphatic carbocycles. The number of amides is 1. The van der Waals surface area contributed by atoms with Crippen molar-refractivity contribution in [2.75, 3.05) is 7.05 Å². The predicted octanol–water partition coefficient (Wildman–Crippen LogP) is 3.22. The summed E-state index contributed by atoms with van der Waals surface area (Å²) in [4.78, 5) is 26.4. The number of rotatable bonds is 4. The molecule has 0 radical (unpaired) electrons. The molecule has 3 aromatic rings. The third-order valence-electron chi connectivity index (χ3n) is 4.45. The summed E-state index contributed by atoms with van der Waals surface area (Å²) in [6.07, 6.45) is 1.68. The Morgan fingerprint density at radius 2 is 1.71 bits per heavy atom. The first-order valence-electron chi connectivity index (χ1n) is 7.96. The molecule has 0 saturated heterocycles. The average molecular weight is 320 g/mol. The smallest absolute Gasteiger partial charge is 0.242 e. The fraction of sp³-hybridized carbons (Fsp3) is 0.200. The number of carbonyl (C=O) groups excluding carboxylic acids is 1. The molecule has 1 amide bonds. The van der Waals surface area contributed by atoms with E-state index in [0.717, 1.165) is 11.1 Å². The molecule has 0 unspecified atom stereocenters. The van der Waals surface area contributed by atoms with Gasteiger partial charge in [0.15, 0.2) is 5.43 Å².